The smallest absolute Gasteiger partial charge is 0.323 e. The predicted molar refractivity (Wildman–Crippen MR) is 87.1 cm³/mol. The number of benzene rings is 1. The highest BCUT2D eigenvalue weighted by atomic mass is 19.1. The van der Waals surface area contributed by atoms with Gasteiger partial charge in [0.15, 0.2) is 0 Å². The molecule has 0 aromatic heterocycles. The Morgan fingerprint density at radius 2 is 1.73 bits per heavy atom. The van der Waals surface area contributed by atoms with Crippen LogP contribution in [-0.4, -0.2) is 18.1 Å². The highest BCUT2D eigenvalue weighted by molar-refractivity contribution is 5.76. The molecular weight excluding hydrogens is 281 g/mol. The molecule has 0 spiro atoms. The van der Waals surface area contributed by atoms with Crippen LogP contribution >= 0.6 is 0 Å². The van der Waals surface area contributed by atoms with Crippen LogP contribution in [0.5, 0.6) is 0 Å². The molecule has 22 heavy (non-hydrogen) atoms. The van der Waals surface area contributed by atoms with Crippen LogP contribution in [-0.2, 0) is 9.53 Å². The molecule has 3 atom stereocenters. The molecule has 0 unspecified atom stereocenters. The van der Waals surface area contributed by atoms with Crippen LogP contribution in [0.25, 0.3) is 0 Å². The molecule has 3 nitrogen and oxygen atoms in total. The summed E-state index contributed by atoms with van der Waals surface area (Å²) < 4.78 is 18.9. The molecule has 124 valence electrons. The van der Waals surface area contributed by atoms with E-state index in [1.54, 1.807) is 6.07 Å². The Kier molecular flexibility index (Phi) is 6.54. The molecule has 0 radical (unpaired) electrons. The van der Waals surface area contributed by atoms with E-state index < -0.39 is 6.04 Å². The number of halogens is 1. The summed E-state index contributed by atoms with van der Waals surface area (Å²) in [5, 5.41) is 0. The van der Waals surface area contributed by atoms with Gasteiger partial charge in [-0.2, -0.15) is 0 Å². The van der Waals surface area contributed by atoms with Crippen LogP contribution in [0.3, 0.4) is 0 Å². The number of nitrogens with two attached hydrogens (primary N) is 1. The fourth-order valence-electron chi connectivity index (χ4n) is 2.77. The number of carbonyl (C=O) groups is 1. The topological polar surface area (TPSA) is 52.3 Å². The zero-order valence-corrected chi connectivity index (χ0v) is 14.4. The fraction of sp³-hybridized carbons (Fsp3) is 0.611. The number of ether oxygens (including phenoxy) is 1. The minimum absolute atomic E-state index is 0.00362. The van der Waals surface area contributed by atoms with Crippen molar-refractivity contribution in [1.29, 1.82) is 0 Å². The van der Waals surface area contributed by atoms with E-state index in [1.165, 1.54) is 12.1 Å². The van der Waals surface area contributed by atoms with E-state index in [2.05, 4.69) is 13.8 Å². The second-order valence-electron chi connectivity index (χ2n) is 6.68. The van der Waals surface area contributed by atoms with Crippen molar-refractivity contribution < 1.29 is 13.9 Å². The third-order valence-electron chi connectivity index (χ3n) is 4.11. The van der Waals surface area contributed by atoms with Gasteiger partial charge < -0.3 is 10.5 Å². The van der Waals surface area contributed by atoms with Gasteiger partial charge in [0.1, 0.15) is 18.0 Å². The number of carbonyl (C=O) groups excluding carboxylic acids is 1. The van der Waals surface area contributed by atoms with Crippen LogP contribution < -0.4 is 5.73 Å². The summed E-state index contributed by atoms with van der Waals surface area (Å²) in [6.07, 6.45) is -0.318. The van der Waals surface area contributed by atoms with Crippen LogP contribution in [0.2, 0.25) is 0 Å². The minimum atomic E-state index is -0.621. The standard InChI is InChI=1S/C18H28FNO2/c1-10(2)16(15-8-7-14(19)9-12(15)5)13(6)22-18(21)17(20)11(3)4/h7-11,13,16-17H,20H2,1-6H3/t13-,16+,17-/m0/s1. The maximum atomic E-state index is 13.3. The van der Waals surface area contributed by atoms with Gasteiger partial charge in [-0.3, -0.25) is 4.79 Å². The zero-order valence-electron chi connectivity index (χ0n) is 14.4. The number of rotatable bonds is 6. The lowest BCUT2D eigenvalue weighted by Crippen LogP contribution is -2.40. The molecule has 1 aromatic rings. The van der Waals surface area contributed by atoms with Crippen LogP contribution in [0, 0.1) is 24.6 Å². The van der Waals surface area contributed by atoms with Crippen LogP contribution in [0.4, 0.5) is 4.39 Å². The summed E-state index contributed by atoms with van der Waals surface area (Å²) in [5.74, 6) is -0.348. The van der Waals surface area contributed by atoms with Crippen molar-refractivity contribution in [2.45, 2.75) is 59.6 Å². The molecule has 0 amide bonds. The molecule has 1 aromatic carbocycles. The fourth-order valence-corrected chi connectivity index (χ4v) is 2.77. The van der Waals surface area contributed by atoms with Gasteiger partial charge in [-0.25, -0.2) is 4.39 Å². The normalized spacial score (nSPS) is 15.7. The lowest BCUT2D eigenvalue weighted by Gasteiger charge is -2.30. The van der Waals surface area contributed by atoms with E-state index >= 15 is 0 Å². The monoisotopic (exact) mass is 309 g/mol. The van der Waals surface area contributed by atoms with Crippen molar-refractivity contribution in [1.82, 2.24) is 0 Å². The average molecular weight is 309 g/mol. The molecule has 2 N–H and O–H groups in total. The number of hydrogen-bond donors (Lipinski definition) is 1. The van der Waals surface area contributed by atoms with Gasteiger partial charge in [0.05, 0.1) is 0 Å². The Morgan fingerprint density at radius 3 is 2.18 bits per heavy atom. The van der Waals surface area contributed by atoms with E-state index in [0.717, 1.165) is 11.1 Å². The second-order valence-corrected chi connectivity index (χ2v) is 6.68. The number of aryl methyl sites for hydroxylation is 1. The van der Waals surface area contributed by atoms with Gasteiger partial charge in [0.2, 0.25) is 0 Å². The highest BCUT2D eigenvalue weighted by Gasteiger charge is 2.29. The first-order chi connectivity index (χ1) is 10.1. The van der Waals surface area contributed by atoms with Crippen molar-refractivity contribution in [3.63, 3.8) is 0 Å². The summed E-state index contributed by atoms with van der Waals surface area (Å²) in [6, 6.07) is 4.12. The van der Waals surface area contributed by atoms with Crippen molar-refractivity contribution in [2.24, 2.45) is 17.6 Å². The molecule has 0 fully saturated rings. The first-order valence-corrected chi connectivity index (χ1v) is 7.87. The Labute approximate surface area is 133 Å². The van der Waals surface area contributed by atoms with Crippen molar-refractivity contribution in [3.05, 3.63) is 35.1 Å². The predicted octanol–water partition coefficient (Wildman–Crippen LogP) is 3.79. The molecule has 0 heterocycles. The molecule has 0 aliphatic rings. The van der Waals surface area contributed by atoms with E-state index in [1.807, 2.05) is 27.7 Å². The van der Waals surface area contributed by atoms with Crippen molar-refractivity contribution in [2.75, 3.05) is 0 Å². The number of esters is 1. The van der Waals surface area contributed by atoms with E-state index in [0.29, 0.717) is 0 Å². The summed E-state index contributed by atoms with van der Waals surface area (Å²) in [5.41, 5.74) is 7.73. The van der Waals surface area contributed by atoms with E-state index in [-0.39, 0.29) is 35.6 Å². The lowest BCUT2D eigenvalue weighted by atomic mass is 9.82. The summed E-state index contributed by atoms with van der Waals surface area (Å²) >= 11 is 0. The third kappa shape index (κ3) is 4.54. The first kappa shape index (κ1) is 18.6. The molecule has 1 rings (SSSR count). The van der Waals surface area contributed by atoms with Crippen molar-refractivity contribution in [3.8, 4) is 0 Å². The summed E-state index contributed by atoms with van der Waals surface area (Å²) in [4.78, 5) is 12.1. The molecule has 0 saturated heterocycles. The molecule has 0 bridgehead atoms. The minimum Gasteiger partial charge on any atom is -0.461 e. The maximum Gasteiger partial charge on any atom is 0.323 e. The Morgan fingerprint density at radius 1 is 1.14 bits per heavy atom. The SMILES string of the molecule is Cc1cc(F)ccc1[C@H](C(C)C)[C@H](C)OC(=O)[C@@H](N)C(C)C. The Balaban J connectivity index is 2.98. The third-order valence-corrected chi connectivity index (χ3v) is 4.11. The van der Waals surface area contributed by atoms with Gasteiger partial charge in [-0.05, 0) is 48.9 Å². The second kappa shape index (κ2) is 7.73. The van der Waals surface area contributed by atoms with E-state index in [9.17, 15) is 9.18 Å². The molecule has 0 aliphatic heterocycles. The molecule has 4 heteroatoms. The number of hydrogen-bond acceptors (Lipinski definition) is 3. The largest absolute Gasteiger partial charge is 0.461 e. The van der Waals surface area contributed by atoms with Gasteiger partial charge in [0.25, 0.3) is 0 Å². The van der Waals surface area contributed by atoms with E-state index in [4.69, 9.17) is 10.5 Å². The lowest BCUT2D eigenvalue weighted by molar-refractivity contribution is -0.152. The Hall–Kier alpha value is -1.42. The van der Waals surface area contributed by atoms with Gasteiger partial charge in [-0.1, -0.05) is 33.8 Å². The zero-order chi connectivity index (χ0) is 17.0. The molecule has 0 aliphatic carbocycles. The molecule has 0 saturated carbocycles. The van der Waals surface area contributed by atoms with Crippen molar-refractivity contribution >= 4 is 5.97 Å². The first-order valence-electron chi connectivity index (χ1n) is 7.87. The van der Waals surface area contributed by atoms with Gasteiger partial charge in [-0.15, -0.1) is 0 Å². The van der Waals surface area contributed by atoms with Gasteiger partial charge in [0, 0.05) is 5.92 Å². The summed E-state index contributed by atoms with van der Waals surface area (Å²) in [6.45, 7) is 11.7. The highest BCUT2D eigenvalue weighted by Crippen LogP contribution is 2.32. The summed E-state index contributed by atoms with van der Waals surface area (Å²) in [7, 11) is 0. The van der Waals surface area contributed by atoms with Crippen LogP contribution in [0.15, 0.2) is 18.2 Å². The molecular formula is C18H28FNO2. The quantitative estimate of drug-likeness (QED) is 0.813. The Bertz CT molecular complexity index is 514. The van der Waals surface area contributed by atoms with Gasteiger partial charge >= 0.3 is 5.97 Å². The maximum absolute atomic E-state index is 13.3. The average Bonchev–Trinajstić information content (AvgIpc) is 2.40. The van der Waals surface area contributed by atoms with Crippen LogP contribution in [0.1, 0.15) is 51.7 Å².